The maximum atomic E-state index is 12.7. The zero-order valence-corrected chi connectivity index (χ0v) is 37.4. The van der Waals surface area contributed by atoms with Crippen molar-refractivity contribution in [3.8, 4) is 0 Å². The van der Waals surface area contributed by atoms with Gasteiger partial charge in [0.25, 0.3) is 0 Å². The molecule has 1 atom stereocenters. The van der Waals surface area contributed by atoms with E-state index in [1.807, 2.05) is 0 Å². The van der Waals surface area contributed by atoms with Crippen molar-refractivity contribution >= 4 is 17.9 Å². The van der Waals surface area contributed by atoms with Crippen molar-refractivity contribution in [2.24, 2.45) is 5.92 Å². The summed E-state index contributed by atoms with van der Waals surface area (Å²) in [5.74, 6) is -0.0950. The normalized spacial score (nSPS) is 11.9. The van der Waals surface area contributed by atoms with Gasteiger partial charge in [-0.2, -0.15) is 0 Å². The predicted molar refractivity (Wildman–Crippen MR) is 233 cm³/mol. The Morgan fingerprint density at radius 1 is 0.345 bits per heavy atom. The molecule has 0 bridgehead atoms. The molecule has 0 aromatic heterocycles. The Hall–Kier alpha value is -1.59. The van der Waals surface area contributed by atoms with E-state index in [-0.39, 0.29) is 31.1 Å². The predicted octanol–water partition coefficient (Wildman–Crippen LogP) is 15.5. The van der Waals surface area contributed by atoms with Gasteiger partial charge in [0, 0.05) is 19.3 Å². The molecule has 0 saturated heterocycles. The Morgan fingerprint density at radius 3 is 0.891 bits per heavy atom. The van der Waals surface area contributed by atoms with E-state index in [9.17, 15) is 14.4 Å². The lowest BCUT2D eigenvalue weighted by Gasteiger charge is -2.18. The second-order valence-corrected chi connectivity index (χ2v) is 17.2. The fraction of sp³-hybridized carbons (Fsp3) is 0.939. The molecule has 0 rings (SSSR count). The zero-order valence-electron chi connectivity index (χ0n) is 37.4. The number of ether oxygens (including phenoxy) is 3. The third-order valence-electron chi connectivity index (χ3n) is 11.0. The van der Waals surface area contributed by atoms with Crippen LogP contribution in [-0.4, -0.2) is 37.2 Å². The Morgan fingerprint density at radius 2 is 0.600 bits per heavy atom. The molecular formula is C49H94O6. The molecule has 0 aromatic rings. The summed E-state index contributed by atoms with van der Waals surface area (Å²) in [6.45, 7) is 8.94. The third-order valence-corrected chi connectivity index (χ3v) is 11.0. The van der Waals surface area contributed by atoms with Gasteiger partial charge in [-0.15, -0.1) is 0 Å². The molecule has 0 aromatic carbocycles. The summed E-state index contributed by atoms with van der Waals surface area (Å²) in [7, 11) is 0. The molecule has 0 aliphatic carbocycles. The average molecular weight is 779 g/mol. The first-order valence-electron chi connectivity index (χ1n) is 24.4. The van der Waals surface area contributed by atoms with E-state index in [0.717, 1.165) is 63.7 Å². The topological polar surface area (TPSA) is 78.9 Å². The van der Waals surface area contributed by atoms with Crippen LogP contribution in [0.15, 0.2) is 0 Å². The summed E-state index contributed by atoms with van der Waals surface area (Å²) in [6, 6.07) is 0. The van der Waals surface area contributed by atoms with E-state index in [1.165, 1.54) is 167 Å². The molecule has 326 valence electrons. The summed E-state index contributed by atoms with van der Waals surface area (Å²) in [5.41, 5.74) is 0. The van der Waals surface area contributed by atoms with Crippen LogP contribution in [0, 0.1) is 5.92 Å². The van der Waals surface area contributed by atoms with Gasteiger partial charge in [-0.1, -0.05) is 233 Å². The van der Waals surface area contributed by atoms with Crippen LogP contribution in [0.1, 0.15) is 272 Å². The third kappa shape index (κ3) is 43.4. The maximum Gasteiger partial charge on any atom is 0.306 e. The Labute approximate surface area is 342 Å². The number of rotatable bonds is 44. The highest BCUT2D eigenvalue weighted by molar-refractivity contribution is 5.71. The molecule has 0 heterocycles. The number of esters is 3. The van der Waals surface area contributed by atoms with Crippen molar-refractivity contribution in [2.75, 3.05) is 13.2 Å². The first-order valence-corrected chi connectivity index (χ1v) is 24.4. The molecule has 0 saturated carbocycles. The molecule has 6 nitrogen and oxygen atoms in total. The highest BCUT2D eigenvalue weighted by atomic mass is 16.6. The number of unbranched alkanes of at least 4 members (excludes halogenated alkanes) is 31. The quantitative estimate of drug-likeness (QED) is 0.0348. The van der Waals surface area contributed by atoms with E-state index >= 15 is 0 Å². The lowest BCUT2D eigenvalue weighted by Crippen LogP contribution is -2.30. The second-order valence-electron chi connectivity index (χ2n) is 17.2. The van der Waals surface area contributed by atoms with Crippen LogP contribution in [0.4, 0.5) is 0 Å². The lowest BCUT2D eigenvalue weighted by molar-refractivity contribution is -0.167. The van der Waals surface area contributed by atoms with Gasteiger partial charge in [0.15, 0.2) is 6.10 Å². The minimum absolute atomic E-state index is 0.0643. The van der Waals surface area contributed by atoms with Gasteiger partial charge in [0.2, 0.25) is 0 Å². The van der Waals surface area contributed by atoms with Crippen LogP contribution < -0.4 is 0 Å². The summed E-state index contributed by atoms with van der Waals surface area (Å²) in [5, 5.41) is 0. The maximum absolute atomic E-state index is 12.7. The molecule has 55 heavy (non-hydrogen) atoms. The molecular weight excluding hydrogens is 685 g/mol. The van der Waals surface area contributed by atoms with E-state index in [0.29, 0.717) is 19.3 Å². The van der Waals surface area contributed by atoms with Crippen molar-refractivity contribution in [2.45, 2.75) is 278 Å². The van der Waals surface area contributed by atoms with E-state index in [1.54, 1.807) is 0 Å². The van der Waals surface area contributed by atoms with Gasteiger partial charge in [-0.3, -0.25) is 14.4 Å². The van der Waals surface area contributed by atoms with Crippen molar-refractivity contribution in [3.05, 3.63) is 0 Å². The van der Waals surface area contributed by atoms with Gasteiger partial charge >= 0.3 is 17.9 Å². The average Bonchev–Trinajstić information content (AvgIpc) is 3.17. The summed E-state index contributed by atoms with van der Waals surface area (Å²) < 4.78 is 16.7. The molecule has 6 heteroatoms. The summed E-state index contributed by atoms with van der Waals surface area (Å²) in [6.07, 6.45) is 43.8. The Balaban J connectivity index is 4.26. The van der Waals surface area contributed by atoms with Crippen LogP contribution in [0.3, 0.4) is 0 Å². The molecule has 0 radical (unpaired) electrons. The van der Waals surface area contributed by atoms with Crippen LogP contribution in [0.25, 0.3) is 0 Å². The lowest BCUT2D eigenvalue weighted by atomic mass is 10.0. The summed E-state index contributed by atoms with van der Waals surface area (Å²) in [4.78, 5) is 37.8. The molecule has 0 spiro atoms. The highest BCUT2D eigenvalue weighted by Gasteiger charge is 2.19. The highest BCUT2D eigenvalue weighted by Crippen LogP contribution is 2.16. The van der Waals surface area contributed by atoms with E-state index < -0.39 is 6.10 Å². The van der Waals surface area contributed by atoms with Crippen LogP contribution >= 0.6 is 0 Å². The minimum Gasteiger partial charge on any atom is -0.462 e. The van der Waals surface area contributed by atoms with Gasteiger partial charge in [0.1, 0.15) is 13.2 Å². The van der Waals surface area contributed by atoms with Gasteiger partial charge in [-0.25, -0.2) is 0 Å². The molecule has 0 unspecified atom stereocenters. The number of carbonyl (C=O) groups is 3. The first kappa shape index (κ1) is 53.4. The van der Waals surface area contributed by atoms with Crippen molar-refractivity contribution in [1.29, 1.82) is 0 Å². The van der Waals surface area contributed by atoms with Crippen LogP contribution in [0.5, 0.6) is 0 Å². The van der Waals surface area contributed by atoms with Crippen molar-refractivity contribution < 1.29 is 28.6 Å². The molecule has 0 fully saturated rings. The largest absolute Gasteiger partial charge is 0.462 e. The van der Waals surface area contributed by atoms with E-state index in [4.69, 9.17) is 14.2 Å². The molecule has 0 aliphatic heterocycles. The van der Waals surface area contributed by atoms with Gasteiger partial charge in [-0.05, 0) is 25.2 Å². The fourth-order valence-electron chi connectivity index (χ4n) is 7.33. The van der Waals surface area contributed by atoms with Crippen LogP contribution in [-0.2, 0) is 28.6 Å². The van der Waals surface area contributed by atoms with Gasteiger partial charge < -0.3 is 14.2 Å². The van der Waals surface area contributed by atoms with Crippen molar-refractivity contribution in [3.63, 3.8) is 0 Å². The number of hydrogen-bond donors (Lipinski definition) is 0. The monoisotopic (exact) mass is 779 g/mol. The van der Waals surface area contributed by atoms with E-state index in [2.05, 4.69) is 27.7 Å². The minimum atomic E-state index is -0.760. The Kier molecular flexibility index (Phi) is 42.3. The van der Waals surface area contributed by atoms with Crippen molar-refractivity contribution in [1.82, 2.24) is 0 Å². The summed E-state index contributed by atoms with van der Waals surface area (Å²) >= 11 is 0. The molecule has 0 aliphatic rings. The second kappa shape index (κ2) is 43.5. The Bertz CT molecular complexity index is 826. The fourth-order valence-corrected chi connectivity index (χ4v) is 7.33. The van der Waals surface area contributed by atoms with Gasteiger partial charge in [0.05, 0.1) is 0 Å². The number of hydrogen-bond acceptors (Lipinski definition) is 6. The standard InChI is InChI=1S/C49H94O6/c1-5-7-9-11-13-15-17-19-20-22-24-26-28-33-37-41-48(51)54-44-46(55-49(52)42-38-34-30-29-31-35-39-45(3)4)43-53-47(50)40-36-32-27-25-23-21-18-16-14-12-10-8-6-2/h45-46H,5-44H2,1-4H3/t46-/m0/s1. The SMILES string of the molecule is CCCCCCCCCCCCCCCCCC(=O)OC[C@H](COC(=O)CCCCCCCCCCCCCCC)OC(=O)CCCCCCCCC(C)C. The molecule has 0 N–H and O–H groups in total. The van der Waals surface area contributed by atoms with Crippen LogP contribution in [0.2, 0.25) is 0 Å². The first-order chi connectivity index (χ1) is 26.9. The zero-order chi connectivity index (χ0) is 40.3. The number of carbonyl (C=O) groups excluding carboxylic acids is 3. The smallest absolute Gasteiger partial charge is 0.306 e. The molecule has 0 amide bonds.